The van der Waals surface area contributed by atoms with E-state index in [1.165, 1.54) is 0 Å². The van der Waals surface area contributed by atoms with E-state index >= 15 is 0 Å². The SMILES string of the molecule is CC(C(=O)N(C)C)N(C)CC(C)(C)O. The van der Waals surface area contributed by atoms with Crippen molar-refractivity contribution < 1.29 is 9.90 Å². The Kier molecular flexibility index (Phi) is 4.55. The number of likely N-dealkylation sites (N-methyl/N-ethyl adjacent to an activating group) is 2. The maximum atomic E-state index is 11.6. The average Bonchev–Trinajstić information content (AvgIpc) is 1.98. The number of amides is 1. The molecule has 1 unspecified atom stereocenters. The molecule has 1 N–H and O–H groups in total. The largest absolute Gasteiger partial charge is 0.389 e. The Morgan fingerprint density at radius 1 is 1.36 bits per heavy atom. The summed E-state index contributed by atoms with van der Waals surface area (Å²) >= 11 is 0. The van der Waals surface area contributed by atoms with Gasteiger partial charge >= 0.3 is 0 Å². The lowest BCUT2D eigenvalue weighted by atomic mass is 10.1. The summed E-state index contributed by atoms with van der Waals surface area (Å²) in [6.07, 6.45) is 0. The first-order valence-corrected chi connectivity index (χ1v) is 4.79. The average molecular weight is 202 g/mol. The van der Waals surface area contributed by atoms with Crippen LogP contribution in [0.5, 0.6) is 0 Å². The number of hydrogen-bond acceptors (Lipinski definition) is 3. The van der Waals surface area contributed by atoms with Gasteiger partial charge in [-0.1, -0.05) is 0 Å². The third-order valence-corrected chi connectivity index (χ3v) is 2.10. The van der Waals surface area contributed by atoms with Crippen LogP contribution in [0.25, 0.3) is 0 Å². The lowest BCUT2D eigenvalue weighted by Gasteiger charge is -2.30. The molecule has 1 atom stereocenters. The molecule has 14 heavy (non-hydrogen) atoms. The normalized spacial score (nSPS) is 14.3. The lowest BCUT2D eigenvalue weighted by molar-refractivity contribution is -0.134. The highest BCUT2D eigenvalue weighted by molar-refractivity contribution is 5.80. The Morgan fingerprint density at radius 2 is 1.79 bits per heavy atom. The highest BCUT2D eigenvalue weighted by Crippen LogP contribution is 2.07. The predicted octanol–water partition coefficient (Wildman–Crippen LogP) is 0.166. The van der Waals surface area contributed by atoms with Crippen molar-refractivity contribution in [2.75, 3.05) is 27.7 Å². The van der Waals surface area contributed by atoms with Gasteiger partial charge in [0.2, 0.25) is 5.91 Å². The van der Waals surface area contributed by atoms with Gasteiger partial charge in [-0.05, 0) is 27.8 Å². The summed E-state index contributed by atoms with van der Waals surface area (Å²) < 4.78 is 0. The summed E-state index contributed by atoms with van der Waals surface area (Å²) in [5, 5.41) is 9.59. The van der Waals surface area contributed by atoms with Gasteiger partial charge in [0.25, 0.3) is 0 Å². The van der Waals surface area contributed by atoms with Crippen molar-refractivity contribution in [3.8, 4) is 0 Å². The summed E-state index contributed by atoms with van der Waals surface area (Å²) in [7, 11) is 5.30. The molecule has 0 aromatic rings. The Labute approximate surface area is 86.5 Å². The zero-order valence-corrected chi connectivity index (χ0v) is 10.0. The molecular formula is C10H22N2O2. The quantitative estimate of drug-likeness (QED) is 0.706. The molecule has 0 rings (SSSR count). The van der Waals surface area contributed by atoms with Crippen molar-refractivity contribution in [2.24, 2.45) is 0 Å². The summed E-state index contributed by atoms with van der Waals surface area (Å²) in [6, 6.07) is -0.198. The summed E-state index contributed by atoms with van der Waals surface area (Å²) in [4.78, 5) is 15.0. The first-order valence-electron chi connectivity index (χ1n) is 4.79. The molecule has 0 aromatic heterocycles. The summed E-state index contributed by atoms with van der Waals surface area (Å²) in [5.74, 6) is 0.0525. The van der Waals surface area contributed by atoms with Crippen molar-refractivity contribution in [3.05, 3.63) is 0 Å². The van der Waals surface area contributed by atoms with Gasteiger partial charge in [-0.2, -0.15) is 0 Å². The van der Waals surface area contributed by atoms with Crippen LogP contribution >= 0.6 is 0 Å². The fourth-order valence-corrected chi connectivity index (χ4v) is 1.31. The second-order valence-corrected chi connectivity index (χ2v) is 4.64. The van der Waals surface area contributed by atoms with Crippen LogP contribution < -0.4 is 0 Å². The minimum atomic E-state index is -0.768. The Balaban J connectivity index is 4.26. The molecule has 0 saturated heterocycles. The highest BCUT2D eigenvalue weighted by atomic mass is 16.3. The van der Waals surface area contributed by atoms with E-state index in [0.717, 1.165) is 0 Å². The van der Waals surface area contributed by atoms with E-state index in [2.05, 4.69) is 0 Å². The van der Waals surface area contributed by atoms with Gasteiger partial charge in [0.15, 0.2) is 0 Å². The van der Waals surface area contributed by atoms with Crippen LogP contribution in [-0.2, 0) is 4.79 Å². The van der Waals surface area contributed by atoms with Crippen molar-refractivity contribution in [2.45, 2.75) is 32.4 Å². The molecule has 0 fully saturated rings. The molecule has 0 aliphatic heterocycles. The monoisotopic (exact) mass is 202 g/mol. The number of aliphatic hydroxyl groups is 1. The van der Waals surface area contributed by atoms with Crippen LogP contribution in [-0.4, -0.2) is 60.1 Å². The smallest absolute Gasteiger partial charge is 0.239 e. The standard InChI is InChI=1S/C10H22N2O2/c1-8(9(13)11(4)5)12(6)7-10(2,3)14/h8,14H,7H2,1-6H3. The Hall–Kier alpha value is -0.610. The molecule has 0 saturated carbocycles. The fourth-order valence-electron chi connectivity index (χ4n) is 1.31. The molecule has 4 nitrogen and oxygen atoms in total. The summed E-state index contributed by atoms with van der Waals surface area (Å²) in [5.41, 5.74) is -0.768. The number of carbonyl (C=O) groups excluding carboxylic acids is 1. The minimum Gasteiger partial charge on any atom is -0.389 e. The van der Waals surface area contributed by atoms with Gasteiger partial charge in [-0.25, -0.2) is 0 Å². The molecule has 1 amide bonds. The molecule has 84 valence electrons. The van der Waals surface area contributed by atoms with Gasteiger partial charge in [0.05, 0.1) is 11.6 Å². The third-order valence-electron chi connectivity index (χ3n) is 2.10. The lowest BCUT2D eigenvalue weighted by Crippen LogP contribution is -2.47. The predicted molar refractivity (Wildman–Crippen MR) is 57.1 cm³/mol. The molecule has 0 aromatic carbocycles. The highest BCUT2D eigenvalue weighted by Gasteiger charge is 2.24. The van der Waals surface area contributed by atoms with Crippen LogP contribution in [0.15, 0.2) is 0 Å². The Bertz CT molecular complexity index is 197. The van der Waals surface area contributed by atoms with E-state index in [9.17, 15) is 9.90 Å². The molecule has 0 heterocycles. The first-order chi connectivity index (χ1) is 6.15. The Morgan fingerprint density at radius 3 is 2.07 bits per heavy atom. The molecular weight excluding hydrogens is 180 g/mol. The first kappa shape index (κ1) is 13.4. The number of nitrogens with zero attached hydrogens (tertiary/aromatic N) is 2. The minimum absolute atomic E-state index is 0.0525. The number of carbonyl (C=O) groups is 1. The van der Waals surface area contributed by atoms with Crippen LogP contribution in [0.2, 0.25) is 0 Å². The van der Waals surface area contributed by atoms with E-state index in [1.54, 1.807) is 32.8 Å². The van der Waals surface area contributed by atoms with Crippen molar-refractivity contribution in [1.82, 2.24) is 9.80 Å². The van der Waals surface area contributed by atoms with Gasteiger partial charge in [-0.15, -0.1) is 0 Å². The maximum Gasteiger partial charge on any atom is 0.239 e. The third kappa shape index (κ3) is 4.58. The molecule has 0 aliphatic carbocycles. The number of hydrogen-bond donors (Lipinski definition) is 1. The van der Waals surface area contributed by atoms with Gasteiger partial charge in [0, 0.05) is 20.6 Å². The topological polar surface area (TPSA) is 43.8 Å². The summed E-state index contributed by atoms with van der Waals surface area (Å²) in [6.45, 7) is 5.79. The maximum absolute atomic E-state index is 11.6. The van der Waals surface area contributed by atoms with E-state index < -0.39 is 5.60 Å². The molecule has 4 heteroatoms. The van der Waals surface area contributed by atoms with E-state index in [0.29, 0.717) is 6.54 Å². The molecule has 0 aliphatic rings. The van der Waals surface area contributed by atoms with Gasteiger partial charge in [0.1, 0.15) is 0 Å². The van der Waals surface area contributed by atoms with E-state index in [1.807, 2.05) is 18.9 Å². The van der Waals surface area contributed by atoms with Crippen molar-refractivity contribution in [3.63, 3.8) is 0 Å². The molecule has 0 bridgehead atoms. The van der Waals surface area contributed by atoms with Crippen LogP contribution in [0.4, 0.5) is 0 Å². The van der Waals surface area contributed by atoms with Crippen molar-refractivity contribution >= 4 is 5.91 Å². The molecule has 0 radical (unpaired) electrons. The van der Waals surface area contributed by atoms with Crippen LogP contribution in [0.3, 0.4) is 0 Å². The number of rotatable bonds is 4. The fraction of sp³-hybridized carbons (Fsp3) is 0.900. The van der Waals surface area contributed by atoms with Gasteiger partial charge in [-0.3, -0.25) is 9.69 Å². The van der Waals surface area contributed by atoms with Crippen LogP contribution in [0.1, 0.15) is 20.8 Å². The van der Waals surface area contributed by atoms with Crippen molar-refractivity contribution in [1.29, 1.82) is 0 Å². The second-order valence-electron chi connectivity index (χ2n) is 4.64. The molecule has 0 spiro atoms. The van der Waals surface area contributed by atoms with Gasteiger partial charge < -0.3 is 10.0 Å². The van der Waals surface area contributed by atoms with Crippen LogP contribution in [0, 0.1) is 0 Å². The van der Waals surface area contributed by atoms with E-state index in [-0.39, 0.29) is 11.9 Å². The zero-order valence-electron chi connectivity index (χ0n) is 10.0. The van der Waals surface area contributed by atoms with E-state index in [4.69, 9.17) is 0 Å². The zero-order chi connectivity index (χ0) is 11.5. The second kappa shape index (κ2) is 4.75.